The molecule has 2 heterocycles. The molecule has 4 rings (SSSR count). The molecule has 1 atom stereocenters. The van der Waals surface area contributed by atoms with Crippen LogP contribution in [0.1, 0.15) is 44.9 Å². The van der Waals surface area contributed by atoms with Gasteiger partial charge in [0.1, 0.15) is 5.75 Å². The summed E-state index contributed by atoms with van der Waals surface area (Å²) in [5.74, 6) is 0.920. The normalized spacial score (nSPS) is 16.1. The molecule has 1 aliphatic heterocycles. The van der Waals surface area contributed by atoms with Gasteiger partial charge < -0.3 is 9.64 Å². The van der Waals surface area contributed by atoms with E-state index in [1.54, 1.807) is 18.4 Å². The Hall–Kier alpha value is -2.59. The highest BCUT2D eigenvalue weighted by atomic mass is 32.1. The largest absolute Gasteiger partial charge is 0.497 e. The molecule has 0 spiro atoms. The van der Waals surface area contributed by atoms with Gasteiger partial charge >= 0.3 is 0 Å². The Morgan fingerprint density at radius 1 is 1.11 bits per heavy atom. The van der Waals surface area contributed by atoms with E-state index in [-0.39, 0.29) is 11.9 Å². The van der Waals surface area contributed by atoms with Crippen LogP contribution in [0.25, 0.3) is 0 Å². The predicted octanol–water partition coefficient (Wildman–Crippen LogP) is 5.11. The predicted molar refractivity (Wildman–Crippen MR) is 110 cm³/mol. The van der Waals surface area contributed by atoms with Crippen LogP contribution >= 0.6 is 11.3 Å². The highest BCUT2D eigenvalue weighted by molar-refractivity contribution is 7.10. The summed E-state index contributed by atoms with van der Waals surface area (Å²) in [6.45, 7) is 2.86. The molecule has 2 aromatic carbocycles. The number of carbonyl (C=O) groups is 1. The maximum absolute atomic E-state index is 13.3. The minimum Gasteiger partial charge on any atom is -0.497 e. The fraction of sp³-hybridized carbons (Fsp3) is 0.261. The van der Waals surface area contributed by atoms with Crippen LogP contribution in [-0.4, -0.2) is 24.5 Å². The maximum Gasteiger partial charge on any atom is 0.254 e. The second kappa shape index (κ2) is 7.57. The van der Waals surface area contributed by atoms with E-state index < -0.39 is 0 Å². The average molecular weight is 378 g/mol. The van der Waals surface area contributed by atoms with Crippen molar-refractivity contribution in [1.29, 1.82) is 0 Å². The zero-order chi connectivity index (χ0) is 18.8. The van der Waals surface area contributed by atoms with Gasteiger partial charge in [-0.3, -0.25) is 4.79 Å². The van der Waals surface area contributed by atoms with E-state index in [1.807, 2.05) is 29.2 Å². The van der Waals surface area contributed by atoms with Crippen molar-refractivity contribution in [2.45, 2.75) is 25.8 Å². The molecule has 3 nitrogen and oxygen atoms in total. The first-order valence-corrected chi connectivity index (χ1v) is 10.2. The molecule has 0 saturated carbocycles. The van der Waals surface area contributed by atoms with Gasteiger partial charge in [0.15, 0.2) is 0 Å². The number of nitrogens with zero attached hydrogens (tertiary/aromatic N) is 1. The first-order valence-electron chi connectivity index (χ1n) is 9.31. The van der Waals surface area contributed by atoms with E-state index in [2.05, 4.69) is 42.6 Å². The minimum atomic E-state index is -0.0516. The zero-order valence-corrected chi connectivity index (χ0v) is 16.5. The van der Waals surface area contributed by atoms with Gasteiger partial charge in [-0.1, -0.05) is 31.2 Å². The van der Waals surface area contributed by atoms with Gasteiger partial charge in [-0.15, -0.1) is 11.3 Å². The van der Waals surface area contributed by atoms with Crippen molar-refractivity contribution in [3.8, 4) is 5.75 Å². The van der Waals surface area contributed by atoms with Crippen molar-refractivity contribution >= 4 is 17.2 Å². The topological polar surface area (TPSA) is 29.5 Å². The molecule has 0 N–H and O–H groups in total. The number of ether oxygens (including phenoxy) is 1. The Balaban J connectivity index is 1.72. The molecule has 0 aliphatic carbocycles. The number of hydrogen-bond donors (Lipinski definition) is 0. The number of methoxy groups -OCH3 is 1. The summed E-state index contributed by atoms with van der Waals surface area (Å²) in [5, 5.41) is 2.13. The summed E-state index contributed by atoms with van der Waals surface area (Å²) in [6.07, 6.45) is 1.89. The summed E-state index contributed by atoms with van der Waals surface area (Å²) >= 11 is 1.78. The van der Waals surface area contributed by atoms with Crippen LogP contribution in [0.4, 0.5) is 0 Å². The van der Waals surface area contributed by atoms with Gasteiger partial charge in [-0.2, -0.15) is 0 Å². The molecule has 0 unspecified atom stereocenters. The van der Waals surface area contributed by atoms with E-state index in [0.29, 0.717) is 0 Å². The number of amides is 1. The number of fused-ring (bicyclic) bond motifs is 1. The molecule has 3 aromatic rings. The lowest BCUT2D eigenvalue weighted by Crippen LogP contribution is -2.40. The van der Waals surface area contributed by atoms with E-state index in [0.717, 1.165) is 36.3 Å². The number of carbonyl (C=O) groups excluding carboxylic acids is 1. The summed E-state index contributed by atoms with van der Waals surface area (Å²) in [5.41, 5.74) is 4.37. The number of thiophene rings is 1. The van der Waals surface area contributed by atoms with Gasteiger partial charge in [0, 0.05) is 17.0 Å². The first-order chi connectivity index (χ1) is 13.2. The van der Waals surface area contributed by atoms with Crippen LogP contribution in [0.15, 0.2) is 60.0 Å². The summed E-state index contributed by atoms with van der Waals surface area (Å²) in [7, 11) is 1.67. The quantitative estimate of drug-likeness (QED) is 0.632. The Morgan fingerprint density at radius 3 is 2.52 bits per heavy atom. The van der Waals surface area contributed by atoms with Crippen molar-refractivity contribution in [3.63, 3.8) is 0 Å². The van der Waals surface area contributed by atoms with Crippen LogP contribution in [0, 0.1) is 0 Å². The van der Waals surface area contributed by atoms with E-state index in [9.17, 15) is 4.79 Å². The SMILES string of the molecule is CCc1ccc(C(=O)N2CCc3sccc3[C@@H]2c2ccc(OC)cc2)cc1. The van der Waals surface area contributed by atoms with Gasteiger partial charge in [-0.05, 0) is 65.2 Å². The second-order valence-electron chi connectivity index (χ2n) is 6.77. The first kappa shape index (κ1) is 17.8. The lowest BCUT2D eigenvalue weighted by Gasteiger charge is -2.36. The molecular weight excluding hydrogens is 354 g/mol. The monoisotopic (exact) mass is 377 g/mol. The molecule has 138 valence electrons. The molecule has 1 amide bonds. The Bertz CT molecular complexity index is 928. The van der Waals surface area contributed by atoms with Crippen molar-refractivity contribution < 1.29 is 9.53 Å². The molecule has 27 heavy (non-hydrogen) atoms. The van der Waals surface area contributed by atoms with Crippen LogP contribution in [-0.2, 0) is 12.8 Å². The summed E-state index contributed by atoms with van der Waals surface area (Å²) in [4.78, 5) is 16.7. The smallest absolute Gasteiger partial charge is 0.254 e. The second-order valence-corrected chi connectivity index (χ2v) is 7.77. The van der Waals surface area contributed by atoms with E-state index >= 15 is 0 Å². The standard InChI is InChI=1S/C23H23NO2S/c1-3-16-4-6-18(7-5-16)23(25)24-14-12-21-20(13-15-27-21)22(24)17-8-10-19(26-2)11-9-17/h4-11,13,15,22H,3,12,14H2,1-2H3/t22-/m0/s1. The van der Waals surface area contributed by atoms with Crippen LogP contribution < -0.4 is 4.74 Å². The number of benzene rings is 2. The summed E-state index contributed by atoms with van der Waals surface area (Å²) in [6, 6.07) is 18.2. The third kappa shape index (κ3) is 3.37. The average Bonchev–Trinajstić information content (AvgIpc) is 3.21. The van der Waals surface area contributed by atoms with Crippen molar-refractivity contribution in [3.05, 3.63) is 87.1 Å². The minimum absolute atomic E-state index is 0.0516. The number of rotatable bonds is 4. The molecule has 0 bridgehead atoms. The molecule has 0 fully saturated rings. The molecular formula is C23H23NO2S. The molecule has 1 aliphatic rings. The maximum atomic E-state index is 13.3. The third-order valence-corrected chi connectivity index (χ3v) is 6.26. The molecule has 4 heteroatoms. The van der Waals surface area contributed by atoms with Gasteiger partial charge in [0.2, 0.25) is 0 Å². The number of hydrogen-bond acceptors (Lipinski definition) is 3. The van der Waals surface area contributed by atoms with Crippen LogP contribution in [0.2, 0.25) is 0 Å². The van der Waals surface area contributed by atoms with Gasteiger partial charge in [0.25, 0.3) is 5.91 Å². The highest BCUT2D eigenvalue weighted by Gasteiger charge is 2.33. The van der Waals surface area contributed by atoms with Gasteiger partial charge in [-0.25, -0.2) is 0 Å². The van der Waals surface area contributed by atoms with Crippen molar-refractivity contribution in [1.82, 2.24) is 4.90 Å². The third-order valence-electron chi connectivity index (χ3n) is 5.27. The molecule has 0 radical (unpaired) electrons. The van der Waals surface area contributed by atoms with E-state index in [1.165, 1.54) is 16.0 Å². The van der Waals surface area contributed by atoms with Crippen LogP contribution in [0.5, 0.6) is 5.75 Å². The lowest BCUT2D eigenvalue weighted by atomic mass is 9.92. The zero-order valence-electron chi connectivity index (χ0n) is 15.6. The molecule has 1 aromatic heterocycles. The highest BCUT2D eigenvalue weighted by Crippen LogP contribution is 2.39. The summed E-state index contributed by atoms with van der Waals surface area (Å²) < 4.78 is 5.30. The fourth-order valence-electron chi connectivity index (χ4n) is 3.73. The molecule has 0 saturated heterocycles. The Labute approximate surface area is 164 Å². The number of aryl methyl sites for hydroxylation is 1. The lowest BCUT2D eigenvalue weighted by molar-refractivity contribution is 0.0696. The Kier molecular flexibility index (Phi) is 4.99. The fourth-order valence-corrected chi connectivity index (χ4v) is 4.63. The van der Waals surface area contributed by atoms with Gasteiger partial charge in [0.05, 0.1) is 13.2 Å². The van der Waals surface area contributed by atoms with E-state index in [4.69, 9.17) is 4.74 Å². The van der Waals surface area contributed by atoms with Crippen molar-refractivity contribution in [2.75, 3.05) is 13.7 Å². The van der Waals surface area contributed by atoms with Crippen molar-refractivity contribution in [2.24, 2.45) is 0 Å². The van der Waals surface area contributed by atoms with Crippen LogP contribution in [0.3, 0.4) is 0 Å². The Morgan fingerprint density at radius 2 is 1.85 bits per heavy atom.